The average Bonchev–Trinajstić information content (AvgIpc) is 3.03. The molecule has 2 aliphatic rings. The molecule has 0 radical (unpaired) electrons. The second-order valence-corrected chi connectivity index (χ2v) is 13.8. The summed E-state index contributed by atoms with van der Waals surface area (Å²) in [4.78, 5) is 31.5. The Morgan fingerprint density at radius 3 is 2.32 bits per heavy atom. The fraction of sp³-hybridized carbons (Fsp3) is 0.394. The van der Waals surface area contributed by atoms with E-state index < -0.39 is 22.1 Å². The van der Waals surface area contributed by atoms with Gasteiger partial charge in [0.2, 0.25) is 21.8 Å². The van der Waals surface area contributed by atoms with E-state index in [2.05, 4.69) is 21.6 Å². The fourth-order valence-electron chi connectivity index (χ4n) is 5.96. The van der Waals surface area contributed by atoms with E-state index in [1.807, 2.05) is 66.4 Å². The van der Waals surface area contributed by atoms with Crippen LogP contribution in [0.15, 0.2) is 72.8 Å². The van der Waals surface area contributed by atoms with Gasteiger partial charge in [-0.3, -0.25) is 9.59 Å². The van der Waals surface area contributed by atoms with E-state index in [0.717, 1.165) is 22.4 Å². The lowest BCUT2D eigenvalue weighted by Crippen LogP contribution is -2.58. The van der Waals surface area contributed by atoms with Crippen LogP contribution in [0.1, 0.15) is 29.2 Å². The number of piperazine rings is 1. The molecule has 234 valence electrons. The molecule has 0 bridgehead atoms. The normalized spacial score (nSPS) is 17.7. The molecule has 2 aliphatic heterocycles. The predicted molar refractivity (Wildman–Crippen MR) is 174 cm³/mol. The first-order valence-electron chi connectivity index (χ1n) is 15.0. The number of rotatable bonds is 10. The molecule has 44 heavy (non-hydrogen) atoms. The zero-order valence-electron chi connectivity index (χ0n) is 25.2. The Morgan fingerprint density at radius 2 is 1.64 bits per heavy atom. The number of fused-ring (bicyclic) bond motifs is 1. The standard InChI is InChI=1S/C33H40ClN5O4S/c1-3-39(44(2,42)43)23-27-10-6-7-11-31(27)37-16-18-38(19-17-37)33(41)30(20-24-12-14-28(34)15-13-24)36-32(40)29-21-25-8-4-5-9-26(25)22-35-29/h4-15,29-30,35H,3,16-23H2,1-2H3,(H,36,40)/t29-,30-/m1/s1. The van der Waals surface area contributed by atoms with Crippen LogP contribution in [-0.4, -0.2) is 80.5 Å². The van der Waals surface area contributed by atoms with Gasteiger partial charge in [0.25, 0.3) is 0 Å². The summed E-state index contributed by atoms with van der Waals surface area (Å²) in [5, 5.41) is 7.01. The van der Waals surface area contributed by atoms with E-state index in [1.54, 1.807) is 12.1 Å². The van der Waals surface area contributed by atoms with Crippen LogP contribution in [0.25, 0.3) is 0 Å². The molecule has 2 amide bonds. The summed E-state index contributed by atoms with van der Waals surface area (Å²) < 4.78 is 25.9. The van der Waals surface area contributed by atoms with Crippen LogP contribution < -0.4 is 15.5 Å². The number of benzene rings is 3. The SMILES string of the molecule is CCN(Cc1ccccc1N1CCN(C(=O)[C@@H](Cc2ccc(Cl)cc2)NC(=O)[C@H]2Cc3ccccc3CN2)CC1)S(C)(=O)=O. The van der Waals surface area contributed by atoms with Crippen molar-refractivity contribution in [3.8, 4) is 0 Å². The van der Waals surface area contributed by atoms with Crippen LogP contribution in [-0.2, 0) is 45.5 Å². The first kappa shape index (κ1) is 32.0. The molecule has 2 atom stereocenters. The van der Waals surface area contributed by atoms with Gasteiger partial charge in [-0.2, -0.15) is 4.31 Å². The third kappa shape index (κ3) is 7.79. The molecule has 0 aliphatic carbocycles. The molecular weight excluding hydrogens is 598 g/mol. The van der Waals surface area contributed by atoms with E-state index in [4.69, 9.17) is 11.6 Å². The van der Waals surface area contributed by atoms with Gasteiger partial charge in [-0.25, -0.2) is 8.42 Å². The quantitative estimate of drug-likeness (QED) is 0.354. The Morgan fingerprint density at radius 1 is 0.977 bits per heavy atom. The number of sulfonamides is 1. The summed E-state index contributed by atoms with van der Waals surface area (Å²) in [5.41, 5.74) is 5.13. The number of nitrogens with zero attached hydrogens (tertiary/aromatic N) is 3. The number of hydrogen-bond acceptors (Lipinski definition) is 6. The lowest BCUT2D eigenvalue weighted by molar-refractivity contribution is -0.137. The minimum atomic E-state index is -3.34. The van der Waals surface area contributed by atoms with Crippen molar-refractivity contribution >= 4 is 39.1 Å². The van der Waals surface area contributed by atoms with E-state index in [0.29, 0.717) is 63.7 Å². The maximum atomic E-state index is 14.0. The molecule has 0 aromatic heterocycles. The topological polar surface area (TPSA) is 102 Å². The molecule has 0 unspecified atom stereocenters. The van der Waals surface area contributed by atoms with E-state index in [-0.39, 0.29) is 11.8 Å². The largest absolute Gasteiger partial charge is 0.368 e. The van der Waals surface area contributed by atoms with Crippen LogP contribution in [0, 0.1) is 0 Å². The second-order valence-electron chi connectivity index (χ2n) is 11.4. The van der Waals surface area contributed by atoms with Crippen molar-refractivity contribution in [2.75, 3.05) is 43.9 Å². The molecule has 2 N–H and O–H groups in total. The second kappa shape index (κ2) is 14.1. The van der Waals surface area contributed by atoms with Gasteiger partial charge < -0.3 is 20.4 Å². The van der Waals surface area contributed by atoms with Crippen molar-refractivity contribution in [3.05, 3.63) is 100 Å². The van der Waals surface area contributed by atoms with Gasteiger partial charge >= 0.3 is 0 Å². The van der Waals surface area contributed by atoms with Crippen LogP contribution in [0.2, 0.25) is 5.02 Å². The molecule has 1 saturated heterocycles. The lowest BCUT2D eigenvalue weighted by Gasteiger charge is -2.39. The predicted octanol–water partition coefficient (Wildman–Crippen LogP) is 3.21. The molecule has 0 saturated carbocycles. The third-order valence-corrected chi connectivity index (χ3v) is 10.0. The van der Waals surface area contributed by atoms with Gasteiger partial charge in [-0.1, -0.05) is 73.1 Å². The molecule has 9 nitrogen and oxygen atoms in total. The average molecular weight is 638 g/mol. The number of amides is 2. The molecule has 1 fully saturated rings. The summed E-state index contributed by atoms with van der Waals surface area (Å²) in [6, 6.07) is 22.1. The number of hydrogen-bond donors (Lipinski definition) is 2. The summed E-state index contributed by atoms with van der Waals surface area (Å²) in [7, 11) is -3.34. The number of para-hydroxylation sites is 1. The number of halogens is 1. The maximum absolute atomic E-state index is 14.0. The van der Waals surface area contributed by atoms with E-state index >= 15 is 0 Å². The van der Waals surface area contributed by atoms with E-state index in [9.17, 15) is 18.0 Å². The van der Waals surface area contributed by atoms with Crippen molar-refractivity contribution in [1.82, 2.24) is 19.8 Å². The Kier molecular flexibility index (Phi) is 10.3. The van der Waals surface area contributed by atoms with Crippen molar-refractivity contribution in [2.45, 2.75) is 44.9 Å². The van der Waals surface area contributed by atoms with Gasteiger partial charge in [0.15, 0.2) is 0 Å². The Hall–Kier alpha value is -3.44. The van der Waals surface area contributed by atoms with E-state index in [1.165, 1.54) is 16.1 Å². The highest BCUT2D eigenvalue weighted by Crippen LogP contribution is 2.25. The smallest absolute Gasteiger partial charge is 0.245 e. The highest BCUT2D eigenvalue weighted by molar-refractivity contribution is 7.88. The monoisotopic (exact) mass is 637 g/mol. The van der Waals surface area contributed by atoms with Crippen LogP contribution in [0.5, 0.6) is 0 Å². The van der Waals surface area contributed by atoms with Gasteiger partial charge in [-0.05, 0) is 46.9 Å². The number of carbonyl (C=O) groups excluding carboxylic acids is 2. The molecule has 3 aromatic rings. The molecule has 5 rings (SSSR count). The molecule has 11 heteroatoms. The highest BCUT2D eigenvalue weighted by Gasteiger charge is 2.32. The Labute approximate surface area is 265 Å². The molecule has 3 aromatic carbocycles. The van der Waals surface area contributed by atoms with Crippen LogP contribution in [0.3, 0.4) is 0 Å². The third-order valence-electron chi connectivity index (χ3n) is 8.46. The van der Waals surface area contributed by atoms with Crippen LogP contribution >= 0.6 is 11.6 Å². The number of carbonyl (C=O) groups is 2. The summed E-state index contributed by atoms with van der Waals surface area (Å²) >= 11 is 6.10. The van der Waals surface area contributed by atoms with Crippen molar-refractivity contribution < 1.29 is 18.0 Å². The Bertz CT molecular complexity index is 1570. The van der Waals surface area contributed by atoms with Gasteiger partial charge in [-0.15, -0.1) is 0 Å². The lowest BCUT2D eigenvalue weighted by atomic mass is 9.95. The number of anilines is 1. The van der Waals surface area contributed by atoms with Gasteiger partial charge in [0.05, 0.1) is 12.3 Å². The maximum Gasteiger partial charge on any atom is 0.245 e. The minimum absolute atomic E-state index is 0.119. The first-order valence-corrected chi connectivity index (χ1v) is 17.3. The zero-order chi connectivity index (χ0) is 31.3. The minimum Gasteiger partial charge on any atom is -0.368 e. The zero-order valence-corrected chi connectivity index (χ0v) is 26.8. The summed E-state index contributed by atoms with van der Waals surface area (Å²) in [5.74, 6) is -0.308. The first-order chi connectivity index (χ1) is 21.1. The van der Waals surface area contributed by atoms with Crippen molar-refractivity contribution in [2.24, 2.45) is 0 Å². The van der Waals surface area contributed by atoms with Crippen molar-refractivity contribution in [3.63, 3.8) is 0 Å². The molecule has 0 spiro atoms. The summed E-state index contributed by atoms with van der Waals surface area (Å²) in [6.07, 6.45) is 2.15. The van der Waals surface area contributed by atoms with Crippen molar-refractivity contribution in [1.29, 1.82) is 0 Å². The van der Waals surface area contributed by atoms with Gasteiger partial charge in [0.1, 0.15) is 6.04 Å². The fourth-order valence-corrected chi connectivity index (χ4v) is 6.93. The molecular formula is C33H40ClN5O4S. The number of nitrogens with one attached hydrogen (secondary N) is 2. The molecule has 2 heterocycles. The van der Waals surface area contributed by atoms with Gasteiger partial charge in [0, 0.05) is 62.9 Å². The Balaban J connectivity index is 1.27. The summed E-state index contributed by atoms with van der Waals surface area (Å²) in [6.45, 7) is 5.27. The van der Waals surface area contributed by atoms with Crippen LogP contribution in [0.4, 0.5) is 5.69 Å². The highest BCUT2D eigenvalue weighted by atomic mass is 35.5.